The molecule has 0 radical (unpaired) electrons. The zero-order chi connectivity index (χ0) is 42.1. The molecule has 1 amide bonds. The molecular formula is C38H71NO18. The molecule has 0 aliphatic carbocycles. The van der Waals surface area contributed by atoms with E-state index in [2.05, 4.69) is 12.2 Å². The summed E-state index contributed by atoms with van der Waals surface area (Å²) in [6, 6.07) is -0.873. The highest BCUT2D eigenvalue weighted by Crippen LogP contribution is 2.33. The molecule has 0 aromatic carbocycles. The first-order chi connectivity index (χ1) is 27.3. The van der Waals surface area contributed by atoms with Crippen molar-refractivity contribution in [2.24, 2.45) is 0 Å². The lowest BCUT2D eigenvalue weighted by Crippen LogP contribution is -2.66. The van der Waals surface area contributed by atoms with Crippen LogP contribution < -0.4 is 5.32 Å². The third kappa shape index (κ3) is 14.7. The summed E-state index contributed by atoms with van der Waals surface area (Å²) in [5.41, 5.74) is 0. The van der Waals surface area contributed by atoms with E-state index in [4.69, 9.17) is 28.4 Å². The standard InChI is InChI=1S/C38H71NO18/c1-3-5-6-7-8-9-10-11-12-13-14-16-22(43)21(39-26(44)15-4-2)20-52-36-32(50)29(47)34(24(18-41)54-36)57-38-33(51)30(48)35(25(19-42)55-38)56-37-31(49)28(46)27(45)23(17-40)53-37/h21-25,27-38,40-43,45-51H,3-20H2,1-2H3,(H,39,44). The number of unbranched alkanes of at least 4 members (excludes halogenated alkanes) is 10. The van der Waals surface area contributed by atoms with Crippen LogP contribution in [-0.2, 0) is 33.2 Å². The summed E-state index contributed by atoms with van der Waals surface area (Å²) in [6.45, 7) is 1.34. The normalized spacial score (nSPS) is 37.2. The fourth-order valence-corrected chi connectivity index (χ4v) is 7.35. The molecule has 0 bridgehead atoms. The highest BCUT2D eigenvalue weighted by atomic mass is 16.8. The number of aliphatic hydroxyl groups excluding tert-OH is 11. The molecule has 19 nitrogen and oxygen atoms in total. The van der Waals surface area contributed by atoms with E-state index >= 15 is 0 Å². The van der Waals surface area contributed by atoms with Gasteiger partial charge in [-0.25, -0.2) is 0 Å². The summed E-state index contributed by atoms with van der Waals surface area (Å²) in [5.74, 6) is -0.300. The first-order valence-corrected chi connectivity index (χ1v) is 20.8. The molecular weight excluding hydrogens is 758 g/mol. The summed E-state index contributed by atoms with van der Waals surface area (Å²) < 4.78 is 33.7. The van der Waals surface area contributed by atoms with Gasteiger partial charge in [0.25, 0.3) is 0 Å². The summed E-state index contributed by atoms with van der Waals surface area (Å²) in [5, 5.41) is 118. The molecule has 3 aliphatic heterocycles. The maximum Gasteiger partial charge on any atom is 0.220 e. The molecule has 17 atom stereocenters. The second-order valence-electron chi connectivity index (χ2n) is 15.5. The molecule has 17 unspecified atom stereocenters. The van der Waals surface area contributed by atoms with Gasteiger partial charge in [0.05, 0.1) is 38.6 Å². The van der Waals surface area contributed by atoms with Crippen molar-refractivity contribution in [3.63, 3.8) is 0 Å². The van der Waals surface area contributed by atoms with Gasteiger partial charge < -0.3 is 89.9 Å². The zero-order valence-electron chi connectivity index (χ0n) is 33.3. The fourth-order valence-electron chi connectivity index (χ4n) is 7.35. The lowest BCUT2D eigenvalue weighted by molar-refractivity contribution is -0.379. The third-order valence-corrected chi connectivity index (χ3v) is 10.9. The Kier molecular flexibility index (Phi) is 23.0. The molecule has 57 heavy (non-hydrogen) atoms. The van der Waals surface area contributed by atoms with Crippen molar-refractivity contribution in [2.75, 3.05) is 26.4 Å². The van der Waals surface area contributed by atoms with Crippen LogP contribution in [0.4, 0.5) is 0 Å². The lowest BCUT2D eigenvalue weighted by Gasteiger charge is -2.48. The smallest absolute Gasteiger partial charge is 0.220 e. The van der Waals surface area contributed by atoms with Crippen LogP contribution in [0.2, 0.25) is 0 Å². The van der Waals surface area contributed by atoms with Gasteiger partial charge in [0.15, 0.2) is 18.9 Å². The van der Waals surface area contributed by atoms with E-state index in [0.717, 1.165) is 25.7 Å². The average Bonchev–Trinajstić information content (AvgIpc) is 3.20. The average molecular weight is 830 g/mol. The summed E-state index contributed by atoms with van der Waals surface area (Å²) >= 11 is 0. The quantitative estimate of drug-likeness (QED) is 0.0412. The van der Waals surface area contributed by atoms with E-state index in [-0.39, 0.29) is 18.9 Å². The Balaban J connectivity index is 1.56. The molecule has 3 rings (SSSR count). The molecule has 3 fully saturated rings. The van der Waals surface area contributed by atoms with Crippen molar-refractivity contribution >= 4 is 5.91 Å². The highest BCUT2D eigenvalue weighted by molar-refractivity contribution is 5.76. The predicted octanol–water partition coefficient (Wildman–Crippen LogP) is -2.20. The third-order valence-electron chi connectivity index (χ3n) is 10.9. The van der Waals surface area contributed by atoms with Crippen LogP contribution in [0.3, 0.4) is 0 Å². The van der Waals surface area contributed by atoms with Gasteiger partial charge in [-0.05, 0) is 12.8 Å². The molecule has 12 N–H and O–H groups in total. The maximum absolute atomic E-state index is 12.5. The first-order valence-electron chi connectivity index (χ1n) is 20.8. The number of amides is 1. The van der Waals surface area contributed by atoms with Crippen molar-refractivity contribution in [3.05, 3.63) is 0 Å². The highest BCUT2D eigenvalue weighted by Gasteiger charge is 2.53. The molecule has 19 heteroatoms. The van der Waals surface area contributed by atoms with Crippen molar-refractivity contribution in [1.82, 2.24) is 5.32 Å². The Hall–Kier alpha value is -1.21. The summed E-state index contributed by atoms with van der Waals surface area (Å²) in [4.78, 5) is 12.5. The van der Waals surface area contributed by atoms with Gasteiger partial charge in [0.2, 0.25) is 5.91 Å². The molecule has 0 aromatic rings. The van der Waals surface area contributed by atoms with Crippen LogP contribution in [0, 0.1) is 0 Å². The van der Waals surface area contributed by atoms with E-state index in [1.54, 1.807) is 0 Å². The van der Waals surface area contributed by atoms with Crippen LogP contribution in [0.5, 0.6) is 0 Å². The lowest BCUT2D eigenvalue weighted by atomic mass is 9.96. The van der Waals surface area contributed by atoms with E-state index in [1.807, 2.05) is 6.92 Å². The molecule has 336 valence electrons. The largest absolute Gasteiger partial charge is 0.394 e. The number of hydrogen-bond donors (Lipinski definition) is 12. The van der Waals surface area contributed by atoms with E-state index in [0.29, 0.717) is 12.8 Å². The number of carbonyl (C=O) groups is 1. The summed E-state index contributed by atoms with van der Waals surface area (Å²) in [6.07, 6.45) is -12.7. The van der Waals surface area contributed by atoms with Crippen molar-refractivity contribution in [3.8, 4) is 0 Å². The number of ether oxygens (including phenoxy) is 6. The van der Waals surface area contributed by atoms with Crippen LogP contribution in [0.15, 0.2) is 0 Å². The Morgan fingerprint density at radius 2 is 1.00 bits per heavy atom. The van der Waals surface area contributed by atoms with Gasteiger partial charge in [-0.2, -0.15) is 0 Å². The number of rotatable bonds is 26. The maximum atomic E-state index is 12.5. The van der Waals surface area contributed by atoms with Crippen LogP contribution in [0.25, 0.3) is 0 Å². The second-order valence-corrected chi connectivity index (χ2v) is 15.5. The number of aliphatic hydroxyl groups is 11. The van der Waals surface area contributed by atoms with Crippen molar-refractivity contribution in [2.45, 2.75) is 208 Å². The Bertz CT molecular complexity index is 1090. The van der Waals surface area contributed by atoms with Crippen LogP contribution in [-0.4, -0.2) is 193 Å². The zero-order valence-corrected chi connectivity index (χ0v) is 33.3. The van der Waals surface area contributed by atoms with Gasteiger partial charge in [0.1, 0.15) is 73.2 Å². The minimum atomic E-state index is -1.96. The van der Waals surface area contributed by atoms with Crippen LogP contribution >= 0.6 is 0 Å². The molecule has 3 heterocycles. The Morgan fingerprint density at radius 3 is 1.49 bits per heavy atom. The molecule has 0 aromatic heterocycles. The number of carbonyl (C=O) groups excluding carboxylic acids is 1. The van der Waals surface area contributed by atoms with Gasteiger partial charge in [0, 0.05) is 6.42 Å². The minimum absolute atomic E-state index is 0.218. The van der Waals surface area contributed by atoms with E-state index < -0.39 is 124 Å². The predicted molar refractivity (Wildman–Crippen MR) is 199 cm³/mol. The van der Waals surface area contributed by atoms with E-state index in [9.17, 15) is 61.0 Å². The van der Waals surface area contributed by atoms with Gasteiger partial charge in [-0.3, -0.25) is 4.79 Å². The van der Waals surface area contributed by atoms with Crippen molar-refractivity contribution in [1.29, 1.82) is 0 Å². The van der Waals surface area contributed by atoms with Gasteiger partial charge >= 0.3 is 0 Å². The minimum Gasteiger partial charge on any atom is -0.394 e. The fraction of sp³-hybridized carbons (Fsp3) is 0.974. The number of hydrogen-bond acceptors (Lipinski definition) is 18. The Labute approximate surface area is 334 Å². The molecule has 0 spiro atoms. The topological polar surface area (TPSA) is 307 Å². The monoisotopic (exact) mass is 829 g/mol. The Morgan fingerprint density at radius 1 is 0.561 bits per heavy atom. The molecule has 3 saturated heterocycles. The first kappa shape index (κ1) is 50.1. The SMILES string of the molecule is CCCCCCCCCCCCCC(O)C(COC1OC(CO)C(OC2OC(CO)C(OC3OC(CO)C(O)C(O)C3O)C(O)C2O)C(O)C1O)NC(=O)CCC. The second kappa shape index (κ2) is 26.2. The molecule has 0 saturated carbocycles. The van der Waals surface area contributed by atoms with Gasteiger partial charge in [-0.15, -0.1) is 0 Å². The number of nitrogens with one attached hydrogen (secondary N) is 1. The van der Waals surface area contributed by atoms with E-state index in [1.165, 1.54) is 44.9 Å². The molecule has 3 aliphatic rings. The summed E-state index contributed by atoms with van der Waals surface area (Å²) in [7, 11) is 0. The van der Waals surface area contributed by atoms with Crippen molar-refractivity contribution < 1.29 is 89.4 Å². The van der Waals surface area contributed by atoms with Gasteiger partial charge in [-0.1, -0.05) is 84.5 Å². The van der Waals surface area contributed by atoms with Crippen LogP contribution in [0.1, 0.15) is 104 Å².